The topological polar surface area (TPSA) is 70.1 Å². The van der Waals surface area contributed by atoms with Crippen molar-refractivity contribution in [1.29, 1.82) is 0 Å². The first-order valence-electron chi connectivity index (χ1n) is 5.54. The number of aliphatic hydroxyl groups excluding tert-OH is 1. The van der Waals surface area contributed by atoms with Crippen LogP contribution in [0.4, 0.5) is 11.8 Å². The molecule has 0 aliphatic carbocycles. The number of rotatable bonds is 6. The van der Waals surface area contributed by atoms with Gasteiger partial charge in [0.1, 0.15) is 5.82 Å². The van der Waals surface area contributed by atoms with E-state index in [-0.39, 0.29) is 6.10 Å². The van der Waals surface area contributed by atoms with E-state index in [4.69, 9.17) is 0 Å². The van der Waals surface area contributed by atoms with Crippen LogP contribution >= 0.6 is 0 Å². The fraction of sp³-hybridized carbons (Fsp3) is 0.636. The molecule has 0 aromatic carbocycles. The van der Waals surface area contributed by atoms with Gasteiger partial charge in [-0.15, -0.1) is 0 Å². The van der Waals surface area contributed by atoms with Crippen molar-refractivity contribution in [3.05, 3.63) is 12.3 Å². The van der Waals surface area contributed by atoms with Gasteiger partial charge in [0.2, 0.25) is 5.95 Å². The van der Waals surface area contributed by atoms with Gasteiger partial charge in [-0.25, -0.2) is 4.98 Å². The molecule has 0 saturated heterocycles. The third-order valence-electron chi connectivity index (χ3n) is 2.14. The number of nitrogens with zero attached hydrogens (tertiary/aromatic N) is 2. The van der Waals surface area contributed by atoms with Crippen molar-refractivity contribution in [1.82, 2.24) is 9.97 Å². The smallest absolute Gasteiger partial charge is 0.224 e. The highest BCUT2D eigenvalue weighted by Gasteiger charge is 2.07. The van der Waals surface area contributed by atoms with Gasteiger partial charge >= 0.3 is 0 Å². The summed E-state index contributed by atoms with van der Waals surface area (Å²) in [5.74, 6) is 1.79. The van der Waals surface area contributed by atoms with Crippen LogP contribution in [0.25, 0.3) is 0 Å². The monoisotopic (exact) mass is 224 g/mol. The minimum atomic E-state index is -0.340. The van der Waals surface area contributed by atoms with Crippen molar-refractivity contribution in [2.24, 2.45) is 5.92 Å². The van der Waals surface area contributed by atoms with Crippen LogP contribution in [-0.2, 0) is 0 Å². The average Bonchev–Trinajstić information content (AvgIpc) is 2.26. The molecule has 3 N–H and O–H groups in total. The Morgan fingerprint density at radius 2 is 2.19 bits per heavy atom. The van der Waals surface area contributed by atoms with E-state index in [1.165, 1.54) is 0 Å². The molecule has 1 heterocycles. The van der Waals surface area contributed by atoms with E-state index in [2.05, 4.69) is 34.4 Å². The lowest BCUT2D eigenvalue weighted by atomic mass is 10.1. The van der Waals surface area contributed by atoms with Crippen LogP contribution in [0.15, 0.2) is 12.3 Å². The second-order valence-corrected chi connectivity index (χ2v) is 4.18. The van der Waals surface area contributed by atoms with E-state index in [0.717, 1.165) is 12.2 Å². The Kier molecular flexibility index (Phi) is 4.98. The Balaban J connectivity index is 2.41. The summed E-state index contributed by atoms with van der Waals surface area (Å²) in [5.41, 5.74) is 0. The van der Waals surface area contributed by atoms with E-state index in [1.807, 2.05) is 0 Å². The molecule has 0 spiro atoms. The molecule has 0 amide bonds. The van der Waals surface area contributed by atoms with Gasteiger partial charge in [0, 0.05) is 19.8 Å². The van der Waals surface area contributed by atoms with E-state index >= 15 is 0 Å². The first kappa shape index (κ1) is 12.7. The van der Waals surface area contributed by atoms with Crippen molar-refractivity contribution in [2.75, 3.05) is 24.2 Å². The Labute approximate surface area is 96.3 Å². The third kappa shape index (κ3) is 4.44. The molecule has 1 rings (SSSR count). The normalized spacial score (nSPS) is 12.6. The summed E-state index contributed by atoms with van der Waals surface area (Å²) in [7, 11) is 1.77. The molecule has 0 saturated carbocycles. The predicted octanol–water partition coefficient (Wildman–Crippen LogP) is 1.34. The quantitative estimate of drug-likeness (QED) is 0.680. The average molecular weight is 224 g/mol. The molecule has 16 heavy (non-hydrogen) atoms. The van der Waals surface area contributed by atoms with E-state index in [1.54, 1.807) is 19.3 Å². The molecule has 0 aliphatic rings. The molecule has 0 bridgehead atoms. The molecule has 1 aromatic heterocycles. The molecule has 1 atom stereocenters. The van der Waals surface area contributed by atoms with Crippen molar-refractivity contribution in [3.8, 4) is 0 Å². The van der Waals surface area contributed by atoms with E-state index < -0.39 is 0 Å². The number of aromatic nitrogens is 2. The van der Waals surface area contributed by atoms with Crippen molar-refractivity contribution in [2.45, 2.75) is 26.4 Å². The maximum Gasteiger partial charge on any atom is 0.224 e. The second kappa shape index (κ2) is 6.27. The SMILES string of the molecule is CNc1nccc(NCC(O)CC(C)C)n1. The third-order valence-corrected chi connectivity index (χ3v) is 2.14. The van der Waals surface area contributed by atoms with Crippen LogP contribution in [-0.4, -0.2) is 34.8 Å². The summed E-state index contributed by atoms with van der Waals surface area (Å²) in [6.45, 7) is 4.69. The zero-order chi connectivity index (χ0) is 12.0. The van der Waals surface area contributed by atoms with Gasteiger partial charge in [-0.1, -0.05) is 13.8 Å². The van der Waals surface area contributed by atoms with Crippen LogP contribution < -0.4 is 10.6 Å². The summed E-state index contributed by atoms with van der Waals surface area (Å²) in [6, 6.07) is 1.78. The lowest BCUT2D eigenvalue weighted by Crippen LogP contribution is -2.21. The first-order valence-corrected chi connectivity index (χ1v) is 5.54. The minimum Gasteiger partial charge on any atom is -0.391 e. The summed E-state index contributed by atoms with van der Waals surface area (Å²) >= 11 is 0. The van der Waals surface area contributed by atoms with Crippen LogP contribution in [0.5, 0.6) is 0 Å². The predicted molar refractivity (Wildman–Crippen MR) is 65.5 cm³/mol. The zero-order valence-electron chi connectivity index (χ0n) is 10.1. The largest absolute Gasteiger partial charge is 0.391 e. The van der Waals surface area contributed by atoms with Gasteiger partial charge in [-0.2, -0.15) is 4.98 Å². The van der Waals surface area contributed by atoms with Gasteiger partial charge < -0.3 is 15.7 Å². The molecular weight excluding hydrogens is 204 g/mol. The van der Waals surface area contributed by atoms with Crippen molar-refractivity contribution < 1.29 is 5.11 Å². The Morgan fingerprint density at radius 1 is 1.44 bits per heavy atom. The van der Waals surface area contributed by atoms with Gasteiger partial charge in [0.15, 0.2) is 0 Å². The molecule has 0 aliphatic heterocycles. The summed E-state index contributed by atoms with van der Waals surface area (Å²) in [4.78, 5) is 8.21. The number of hydrogen-bond acceptors (Lipinski definition) is 5. The maximum absolute atomic E-state index is 9.69. The molecule has 5 heteroatoms. The molecule has 5 nitrogen and oxygen atoms in total. The number of nitrogens with one attached hydrogen (secondary N) is 2. The Morgan fingerprint density at radius 3 is 2.81 bits per heavy atom. The number of hydrogen-bond donors (Lipinski definition) is 3. The highest BCUT2D eigenvalue weighted by atomic mass is 16.3. The first-order chi connectivity index (χ1) is 7.61. The summed E-state index contributed by atoms with van der Waals surface area (Å²) in [6.07, 6.45) is 2.13. The second-order valence-electron chi connectivity index (χ2n) is 4.18. The maximum atomic E-state index is 9.69. The van der Waals surface area contributed by atoms with Gasteiger partial charge in [-0.05, 0) is 18.4 Å². The molecule has 0 radical (unpaired) electrons. The van der Waals surface area contributed by atoms with Gasteiger partial charge in [-0.3, -0.25) is 0 Å². The lowest BCUT2D eigenvalue weighted by molar-refractivity contribution is 0.161. The van der Waals surface area contributed by atoms with Crippen molar-refractivity contribution >= 4 is 11.8 Å². The number of aliphatic hydroxyl groups is 1. The zero-order valence-corrected chi connectivity index (χ0v) is 10.1. The van der Waals surface area contributed by atoms with Crippen molar-refractivity contribution in [3.63, 3.8) is 0 Å². The molecule has 1 aromatic rings. The number of anilines is 2. The van der Waals surface area contributed by atoms with Crippen LogP contribution in [0, 0.1) is 5.92 Å². The van der Waals surface area contributed by atoms with E-state index in [9.17, 15) is 5.11 Å². The molecule has 0 fully saturated rings. The van der Waals surface area contributed by atoms with Crippen LogP contribution in [0.2, 0.25) is 0 Å². The molecular formula is C11H20N4O. The Bertz CT molecular complexity index is 317. The minimum absolute atomic E-state index is 0.340. The molecule has 1 unspecified atom stereocenters. The summed E-state index contributed by atoms with van der Waals surface area (Å²) < 4.78 is 0. The highest BCUT2D eigenvalue weighted by Crippen LogP contribution is 2.08. The molecule has 90 valence electrons. The fourth-order valence-electron chi connectivity index (χ4n) is 1.43. The van der Waals surface area contributed by atoms with Gasteiger partial charge in [0.25, 0.3) is 0 Å². The van der Waals surface area contributed by atoms with Crippen LogP contribution in [0.1, 0.15) is 20.3 Å². The lowest BCUT2D eigenvalue weighted by Gasteiger charge is -2.14. The highest BCUT2D eigenvalue weighted by molar-refractivity contribution is 5.39. The summed E-state index contributed by atoms with van der Waals surface area (Å²) in [5, 5.41) is 15.6. The van der Waals surface area contributed by atoms with E-state index in [0.29, 0.717) is 18.4 Å². The van der Waals surface area contributed by atoms with Gasteiger partial charge in [0.05, 0.1) is 6.10 Å². The Hall–Kier alpha value is -1.36. The standard InChI is InChI=1S/C11H20N4O/c1-8(2)6-9(16)7-14-10-4-5-13-11(12-3)15-10/h4-5,8-9,16H,6-7H2,1-3H3,(H2,12,13,14,15). The fourth-order valence-corrected chi connectivity index (χ4v) is 1.43. The van der Waals surface area contributed by atoms with Crippen LogP contribution in [0.3, 0.4) is 0 Å².